The Morgan fingerprint density at radius 1 is 1.35 bits per heavy atom. The van der Waals surface area contributed by atoms with Gasteiger partial charge in [-0.1, -0.05) is 6.07 Å². The predicted octanol–water partition coefficient (Wildman–Crippen LogP) is 2.13. The highest BCUT2D eigenvalue weighted by molar-refractivity contribution is 5.20. The van der Waals surface area contributed by atoms with Gasteiger partial charge in [0.15, 0.2) is 11.6 Å². The molecule has 0 aromatic heterocycles. The lowest BCUT2D eigenvalue weighted by atomic mass is 9.81. The Bertz CT molecular complexity index is 389. The van der Waals surface area contributed by atoms with Crippen LogP contribution in [0.2, 0.25) is 0 Å². The van der Waals surface area contributed by atoms with E-state index < -0.39 is 11.6 Å². The molecular weight excluding hydrogens is 224 g/mol. The van der Waals surface area contributed by atoms with Gasteiger partial charge < -0.3 is 10.1 Å². The summed E-state index contributed by atoms with van der Waals surface area (Å²) in [7, 11) is 1.89. The van der Waals surface area contributed by atoms with Crippen molar-refractivity contribution in [3.05, 3.63) is 35.4 Å². The first-order valence-corrected chi connectivity index (χ1v) is 5.81. The Morgan fingerprint density at radius 3 is 2.76 bits per heavy atom. The SMILES string of the molecule is CNCC1(Cc2ccc(F)c(F)c2)CCOC1. The van der Waals surface area contributed by atoms with E-state index in [4.69, 9.17) is 4.74 Å². The normalized spacial score (nSPS) is 24.2. The minimum absolute atomic E-state index is 0.0129. The third-order valence-corrected chi connectivity index (χ3v) is 3.30. The molecule has 1 unspecified atom stereocenters. The molecule has 1 atom stereocenters. The Balaban J connectivity index is 2.14. The zero-order chi connectivity index (χ0) is 12.3. The van der Waals surface area contributed by atoms with Crippen molar-refractivity contribution in [3.8, 4) is 0 Å². The van der Waals surface area contributed by atoms with Crippen LogP contribution in [-0.4, -0.2) is 26.8 Å². The van der Waals surface area contributed by atoms with E-state index in [0.29, 0.717) is 13.0 Å². The van der Waals surface area contributed by atoms with Gasteiger partial charge in [0.25, 0.3) is 0 Å². The van der Waals surface area contributed by atoms with E-state index in [1.165, 1.54) is 12.1 Å². The number of nitrogens with one attached hydrogen (secondary N) is 1. The molecule has 1 fully saturated rings. The molecule has 1 aliphatic heterocycles. The van der Waals surface area contributed by atoms with Crippen LogP contribution in [0, 0.1) is 17.0 Å². The summed E-state index contributed by atoms with van der Waals surface area (Å²) in [6.45, 7) is 2.24. The molecule has 1 aromatic carbocycles. The highest BCUT2D eigenvalue weighted by Gasteiger charge is 2.34. The maximum absolute atomic E-state index is 13.1. The van der Waals surface area contributed by atoms with E-state index in [1.54, 1.807) is 6.07 Å². The van der Waals surface area contributed by atoms with Crippen LogP contribution in [0.3, 0.4) is 0 Å². The minimum atomic E-state index is -0.793. The van der Waals surface area contributed by atoms with Crippen molar-refractivity contribution in [1.82, 2.24) is 5.32 Å². The van der Waals surface area contributed by atoms with Crippen LogP contribution in [0.4, 0.5) is 8.78 Å². The molecule has 1 saturated heterocycles. The second-order valence-corrected chi connectivity index (χ2v) is 4.76. The quantitative estimate of drug-likeness (QED) is 0.872. The minimum Gasteiger partial charge on any atom is -0.381 e. The molecule has 17 heavy (non-hydrogen) atoms. The molecule has 1 N–H and O–H groups in total. The fourth-order valence-corrected chi connectivity index (χ4v) is 2.45. The monoisotopic (exact) mass is 241 g/mol. The van der Waals surface area contributed by atoms with Crippen LogP contribution < -0.4 is 5.32 Å². The summed E-state index contributed by atoms with van der Waals surface area (Å²) in [4.78, 5) is 0. The first kappa shape index (κ1) is 12.5. The van der Waals surface area contributed by atoms with Gasteiger partial charge in [-0.2, -0.15) is 0 Å². The Hall–Kier alpha value is -1.00. The predicted molar refractivity (Wildman–Crippen MR) is 61.9 cm³/mol. The van der Waals surface area contributed by atoms with E-state index >= 15 is 0 Å². The zero-order valence-electron chi connectivity index (χ0n) is 9.93. The number of hydrogen-bond donors (Lipinski definition) is 1. The Morgan fingerprint density at radius 2 is 2.18 bits per heavy atom. The summed E-state index contributed by atoms with van der Waals surface area (Å²) in [5.41, 5.74) is 0.837. The highest BCUT2D eigenvalue weighted by Crippen LogP contribution is 2.32. The van der Waals surface area contributed by atoms with Gasteiger partial charge in [0.2, 0.25) is 0 Å². The van der Waals surface area contributed by atoms with Crippen molar-refractivity contribution in [2.45, 2.75) is 12.8 Å². The van der Waals surface area contributed by atoms with Gasteiger partial charge in [0.05, 0.1) is 6.61 Å². The molecule has 1 aliphatic rings. The van der Waals surface area contributed by atoms with E-state index in [9.17, 15) is 8.78 Å². The van der Waals surface area contributed by atoms with Crippen LogP contribution >= 0.6 is 0 Å². The lowest BCUT2D eigenvalue weighted by Gasteiger charge is -2.27. The summed E-state index contributed by atoms with van der Waals surface area (Å²) in [6, 6.07) is 4.12. The van der Waals surface area contributed by atoms with Gasteiger partial charge in [-0.25, -0.2) is 8.78 Å². The molecule has 0 spiro atoms. The van der Waals surface area contributed by atoms with E-state index in [-0.39, 0.29) is 5.41 Å². The van der Waals surface area contributed by atoms with E-state index in [1.807, 2.05) is 7.05 Å². The second-order valence-electron chi connectivity index (χ2n) is 4.76. The van der Waals surface area contributed by atoms with Crippen LogP contribution in [-0.2, 0) is 11.2 Å². The summed E-state index contributed by atoms with van der Waals surface area (Å²) in [5.74, 6) is -1.57. The van der Waals surface area contributed by atoms with Gasteiger partial charge in [0, 0.05) is 18.6 Å². The molecule has 94 valence electrons. The third-order valence-electron chi connectivity index (χ3n) is 3.30. The molecule has 0 bridgehead atoms. The van der Waals surface area contributed by atoms with Gasteiger partial charge in [-0.3, -0.25) is 0 Å². The lowest BCUT2D eigenvalue weighted by Crippen LogP contribution is -2.35. The molecule has 4 heteroatoms. The van der Waals surface area contributed by atoms with Crippen molar-refractivity contribution < 1.29 is 13.5 Å². The molecule has 1 heterocycles. The smallest absolute Gasteiger partial charge is 0.159 e. The molecule has 0 aliphatic carbocycles. The molecule has 2 rings (SSSR count). The lowest BCUT2D eigenvalue weighted by molar-refractivity contribution is 0.150. The number of ether oxygens (including phenoxy) is 1. The summed E-state index contributed by atoms with van der Waals surface area (Å²) >= 11 is 0. The average Bonchev–Trinajstić information content (AvgIpc) is 2.73. The highest BCUT2D eigenvalue weighted by atomic mass is 19.2. The Labute approximate surface area is 100.0 Å². The number of hydrogen-bond acceptors (Lipinski definition) is 2. The number of halogens is 2. The maximum Gasteiger partial charge on any atom is 0.159 e. The van der Waals surface area contributed by atoms with Crippen molar-refractivity contribution >= 4 is 0 Å². The fourth-order valence-electron chi connectivity index (χ4n) is 2.45. The van der Waals surface area contributed by atoms with Gasteiger partial charge in [0.1, 0.15) is 0 Å². The van der Waals surface area contributed by atoms with Crippen molar-refractivity contribution in [2.75, 3.05) is 26.8 Å². The Kier molecular flexibility index (Phi) is 3.74. The molecule has 2 nitrogen and oxygen atoms in total. The fraction of sp³-hybridized carbons (Fsp3) is 0.538. The third kappa shape index (κ3) is 2.82. The first-order valence-electron chi connectivity index (χ1n) is 5.81. The molecule has 1 aromatic rings. The topological polar surface area (TPSA) is 21.3 Å². The summed E-state index contributed by atoms with van der Waals surface area (Å²) in [6.07, 6.45) is 1.66. The van der Waals surface area contributed by atoms with E-state index in [2.05, 4.69) is 5.32 Å². The zero-order valence-corrected chi connectivity index (χ0v) is 9.93. The second kappa shape index (κ2) is 5.10. The van der Waals surface area contributed by atoms with Crippen LogP contribution in [0.25, 0.3) is 0 Å². The van der Waals surface area contributed by atoms with E-state index in [0.717, 1.165) is 25.1 Å². The molecule has 0 saturated carbocycles. The summed E-state index contributed by atoms with van der Waals surface area (Å²) in [5, 5.41) is 3.15. The van der Waals surface area contributed by atoms with Gasteiger partial charge >= 0.3 is 0 Å². The van der Waals surface area contributed by atoms with Crippen molar-refractivity contribution in [1.29, 1.82) is 0 Å². The molecule has 0 radical (unpaired) electrons. The summed E-state index contributed by atoms with van der Waals surface area (Å²) < 4.78 is 31.4. The largest absolute Gasteiger partial charge is 0.381 e. The van der Waals surface area contributed by atoms with Crippen molar-refractivity contribution in [2.24, 2.45) is 5.41 Å². The standard InChI is InChI=1S/C13H17F2NO/c1-16-8-13(4-5-17-9-13)7-10-2-3-11(14)12(15)6-10/h2-3,6,16H,4-5,7-9H2,1H3. The number of rotatable bonds is 4. The first-order chi connectivity index (χ1) is 8.15. The van der Waals surface area contributed by atoms with Gasteiger partial charge in [-0.05, 0) is 37.6 Å². The van der Waals surface area contributed by atoms with Gasteiger partial charge in [-0.15, -0.1) is 0 Å². The van der Waals surface area contributed by atoms with Crippen molar-refractivity contribution in [3.63, 3.8) is 0 Å². The maximum atomic E-state index is 13.1. The molecule has 0 amide bonds. The number of benzene rings is 1. The van der Waals surface area contributed by atoms with Crippen LogP contribution in [0.15, 0.2) is 18.2 Å². The van der Waals surface area contributed by atoms with Crippen LogP contribution in [0.5, 0.6) is 0 Å². The average molecular weight is 241 g/mol. The molecular formula is C13H17F2NO. The van der Waals surface area contributed by atoms with Crippen LogP contribution in [0.1, 0.15) is 12.0 Å².